The molecule has 1 aliphatic heterocycles. The van der Waals surface area contributed by atoms with Gasteiger partial charge in [0, 0.05) is 0 Å². The number of methoxy groups -OCH3 is 2. The molecule has 12 heteroatoms. The Morgan fingerprint density at radius 1 is 0.912 bits per heavy atom. The van der Waals surface area contributed by atoms with Crippen molar-refractivity contribution in [2.45, 2.75) is 25.4 Å². The van der Waals surface area contributed by atoms with Crippen LogP contribution in [-0.4, -0.2) is 53.9 Å². The third-order valence-corrected chi connectivity index (χ3v) is 5.33. The van der Waals surface area contributed by atoms with Crippen molar-refractivity contribution < 1.29 is 52.5 Å². The van der Waals surface area contributed by atoms with Gasteiger partial charge in [0.2, 0.25) is 5.76 Å². The minimum Gasteiger partial charge on any atom is -0.497 e. The molecule has 0 aliphatic carbocycles. The van der Waals surface area contributed by atoms with Gasteiger partial charge in [-0.2, -0.15) is 0 Å². The second-order valence-electron chi connectivity index (χ2n) is 7.11. The van der Waals surface area contributed by atoms with Crippen molar-refractivity contribution in [3.63, 3.8) is 0 Å². The minimum atomic E-state index is -5.01. The van der Waals surface area contributed by atoms with E-state index in [4.69, 9.17) is 23.7 Å². The Bertz CT molecular complexity index is 1040. The molecule has 0 saturated heterocycles. The predicted octanol–water partition coefficient (Wildman–Crippen LogP) is 2.04. The molecule has 3 N–H and O–H groups in total. The average molecular weight is 496 g/mol. The Balaban J connectivity index is 1.84. The SMILES string of the molecule is COc1ccc(COC2=C(OCc3ccc(OC)cc3)[C@@H]([C@H](CO)OP(=O)(O)O)OC2=O)cc1. The van der Waals surface area contributed by atoms with Crippen molar-refractivity contribution in [3.05, 3.63) is 71.2 Å². The van der Waals surface area contributed by atoms with Gasteiger partial charge in [0.05, 0.1) is 20.8 Å². The summed E-state index contributed by atoms with van der Waals surface area (Å²) in [6, 6.07) is 13.8. The Morgan fingerprint density at radius 2 is 1.41 bits per heavy atom. The summed E-state index contributed by atoms with van der Waals surface area (Å²) in [6.07, 6.45) is -3.02. The molecule has 11 nitrogen and oxygen atoms in total. The number of cyclic esters (lactones) is 1. The molecule has 184 valence electrons. The highest BCUT2D eigenvalue weighted by molar-refractivity contribution is 7.46. The van der Waals surface area contributed by atoms with Gasteiger partial charge in [-0.15, -0.1) is 0 Å². The van der Waals surface area contributed by atoms with E-state index >= 15 is 0 Å². The Morgan fingerprint density at radius 3 is 1.85 bits per heavy atom. The number of carbonyl (C=O) groups is 1. The number of carbonyl (C=O) groups excluding carboxylic acids is 1. The first-order valence-electron chi connectivity index (χ1n) is 10.1. The third-order valence-electron chi connectivity index (χ3n) is 4.79. The van der Waals surface area contributed by atoms with Crippen LogP contribution in [0.1, 0.15) is 11.1 Å². The lowest BCUT2D eigenvalue weighted by Gasteiger charge is -2.23. The molecule has 0 radical (unpaired) electrons. The van der Waals surface area contributed by atoms with E-state index < -0.39 is 32.6 Å². The molecule has 2 aromatic rings. The zero-order valence-electron chi connectivity index (χ0n) is 18.4. The molecule has 0 spiro atoms. The third kappa shape index (κ3) is 6.72. The van der Waals surface area contributed by atoms with Crippen molar-refractivity contribution in [1.29, 1.82) is 0 Å². The monoisotopic (exact) mass is 496 g/mol. The van der Waals surface area contributed by atoms with Crippen LogP contribution in [0.25, 0.3) is 0 Å². The quantitative estimate of drug-likeness (QED) is 0.293. The zero-order chi connectivity index (χ0) is 24.7. The van der Waals surface area contributed by atoms with Crippen molar-refractivity contribution in [1.82, 2.24) is 0 Å². The van der Waals surface area contributed by atoms with Crippen LogP contribution in [0.4, 0.5) is 0 Å². The maximum atomic E-state index is 12.5. The Kier molecular flexibility index (Phi) is 8.54. The number of esters is 1. The van der Waals surface area contributed by atoms with Crippen LogP contribution in [0.5, 0.6) is 11.5 Å². The molecule has 0 saturated carbocycles. The molecule has 34 heavy (non-hydrogen) atoms. The van der Waals surface area contributed by atoms with Gasteiger partial charge in [0.1, 0.15) is 30.8 Å². The molecular formula is C22H25O11P. The van der Waals surface area contributed by atoms with Crippen LogP contribution in [0.2, 0.25) is 0 Å². The van der Waals surface area contributed by atoms with Crippen LogP contribution in [-0.2, 0) is 41.3 Å². The first-order chi connectivity index (χ1) is 16.2. The molecule has 2 atom stereocenters. The van der Waals surface area contributed by atoms with Crippen molar-refractivity contribution in [2.75, 3.05) is 20.8 Å². The predicted molar refractivity (Wildman–Crippen MR) is 116 cm³/mol. The van der Waals surface area contributed by atoms with Gasteiger partial charge in [0.25, 0.3) is 0 Å². The Labute approximate surface area is 195 Å². The van der Waals surface area contributed by atoms with Crippen molar-refractivity contribution in [3.8, 4) is 11.5 Å². The lowest BCUT2D eigenvalue weighted by atomic mass is 10.1. The smallest absolute Gasteiger partial charge is 0.470 e. The second kappa shape index (κ2) is 11.4. The zero-order valence-corrected chi connectivity index (χ0v) is 19.3. The van der Waals surface area contributed by atoms with Gasteiger partial charge in [0.15, 0.2) is 11.9 Å². The van der Waals surface area contributed by atoms with Gasteiger partial charge in [-0.25, -0.2) is 9.36 Å². The summed E-state index contributed by atoms with van der Waals surface area (Å²) in [5.41, 5.74) is 1.42. The number of aliphatic hydroxyl groups is 1. The van der Waals surface area contributed by atoms with Gasteiger partial charge < -0.3 is 38.6 Å². The van der Waals surface area contributed by atoms with Gasteiger partial charge in [-0.3, -0.25) is 4.52 Å². The van der Waals surface area contributed by atoms with Crippen LogP contribution in [0.3, 0.4) is 0 Å². The number of phosphoric acid groups is 1. The second-order valence-corrected chi connectivity index (χ2v) is 8.30. The van der Waals surface area contributed by atoms with E-state index in [9.17, 15) is 24.3 Å². The number of hydrogen-bond donors (Lipinski definition) is 3. The summed E-state index contributed by atoms with van der Waals surface area (Å²) < 4.78 is 42.8. The highest BCUT2D eigenvalue weighted by Gasteiger charge is 2.45. The van der Waals surface area contributed by atoms with E-state index in [0.29, 0.717) is 22.6 Å². The highest BCUT2D eigenvalue weighted by Crippen LogP contribution is 2.41. The molecule has 0 fully saturated rings. The van der Waals surface area contributed by atoms with E-state index in [1.165, 1.54) is 14.2 Å². The number of rotatable bonds is 12. The van der Waals surface area contributed by atoms with E-state index in [2.05, 4.69) is 4.52 Å². The standard InChI is InChI=1S/C22H25O11P/c1-28-16-7-3-14(4-8-16)12-30-20-19(18(11-23)33-34(25,26)27)32-22(24)21(20)31-13-15-5-9-17(29-2)10-6-15/h3-10,18-19,23H,11-13H2,1-2H3,(H2,25,26,27)/t18-,19+/m0/s1. The van der Waals surface area contributed by atoms with E-state index in [1.54, 1.807) is 48.5 Å². The molecule has 0 aromatic heterocycles. The van der Waals surface area contributed by atoms with E-state index in [1.807, 2.05) is 0 Å². The number of phosphoric ester groups is 1. The lowest BCUT2D eigenvalue weighted by molar-refractivity contribution is -0.148. The van der Waals surface area contributed by atoms with Gasteiger partial charge in [-0.05, 0) is 35.4 Å². The molecule has 1 heterocycles. The Hall–Kier alpha value is -3.08. The first kappa shape index (κ1) is 25.5. The summed E-state index contributed by atoms with van der Waals surface area (Å²) in [5, 5.41) is 9.64. The fourth-order valence-electron chi connectivity index (χ4n) is 3.10. The molecular weight excluding hydrogens is 471 g/mol. The minimum absolute atomic E-state index is 0.0281. The van der Waals surface area contributed by atoms with Crippen molar-refractivity contribution in [2.24, 2.45) is 0 Å². The summed E-state index contributed by atoms with van der Waals surface area (Å²) in [7, 11) is -1.94. The molecule has 3 rings (SSSR count). The molecule has 0 bridgehead atoms. The topological polar surface area (TPSA) is 150 Å². The number of ether oxygens (including phenoxy) is 5. The molecule has 2 aromatic carbocycles. The fraction of sp³-hybridized carbons (Fsp3) is 0.318. The summed E-state index contributed by atoms with van der Waals surface area (Å²) in [4.78, 5) is 30.9. The number of hydrogen-bond acceptors (Lipinski definition) is 9. The summed E-state index contributed by atoms with van der Waals surface area (Å²) in [6.45, 7) is -0.917. The van der Waals surface area contributed by atoms with E-state index in [0.717, 1.165) is 0 Å². The average Bonchev–Trinajstić information content (AvgIpc) is 3.14. The maximum absolute atomic E-state index is 12.5. The van der Waals surface area contributed by atoms with Gasteiger partial charge in [-0.1, -0.05) is 24.3 Å². The normalized spacial score (nSPS) is 16.7. The lowest BCUT2D eigenvalue weighted by Crippen LogP contribution is -2.34. The van der Waals surface area contributed by atoms with Gasteiger partial charge >= 0.3 is 13.8 Å². The molecule has 0 amide bonds. The molecule has 1 aliphatic rings. The largest absolute Gasteiger partial charge is 0.497 e. The van der Waals surface area contributed by atoms with Crippen LogP contribution >= 0.6 is 7.82 Å². The van der Waals surface area contributed by atoms with Crippen LogP contribution in [0, 0.1) is 0 Å². The summed E-state index contributed by atoms with van der Waals surface area (Å²) >= 11 is 0. The van der Waals surface area contributed by atoms with Crippen LogP contribution in [0.15, 0.2) is 60.0 Å². The van der Waals surface area contributed by atoms with E-state index in [-0.39, 0.29) is 24.7 Å². The summed E-state index contributed by atoms with van der Waals surface area (Å²) in [5.74, 6) is -0.0776. The van der Waals surface area contributed by atoms with Crippen molar-refractivity contribution >= 4 is 13.8 Å². The fourth-order valence-corrected chi connectivity index (χ4v) is 3.63. The highest BCUT2D eigenvalue weighted by atomic mass is 31.2. The maximum Gasteiger partial charge on any atom is 0.470 e. The number of benzene rings is 2. The molecule has 0 unspecified atom stereocenters. The van der Waals surface area contributed by atoms with Crippen LogP contribution < -0.4 is 9.47 Å². The first-order valence-corrected chi connectivity index (χ1v) is 11.6. The number of aliphatic hydroxyl groups excluding tert-OH is 1.